The third-order valence-electron chi connectivity index (χ3n) is 3.12. The molecule has 1 heterocycles. The second-order valence-electron chi connectivity index (χ2n) is 4.35. The van der Waals surface area contributed by atoms with Gasteiger partial charge in [-0.25, -0.2) is 0 Å². The summed E-state index contributed by atoms with van der Waals surface area (Å²) in [6.45, 7) is 2.25. The molecule has 1 aromatic rings. The summed E-state index contributed by atoms with van der Waals surface area (Å²) < 4.78 is 0. The maximum absolute atomic E-state index is 11.9. The summed E-state index contributed by atoms with van der Waals surface area (Å²) in [4.78, 5) is 13.8. The average molecular weight is 233 g/mol. The summed E-state index contributed by atoms with van der Waals surface area (Å²) in [5.74, 6) is 0.199. The minimum atomic E-state index is 0.199. The molecule has 0 saturated carbocycles. The van der Waals surface area contributed by atoms with Crippen molar-refractivity contribution in [3.8, 4) is 0 Å². The largest absolute Gasteiger partial charge is 0.326 e. The zero-order valence-corrected chi connectivity index (χ0v) is 10.2. The van der Waals surface area contributed by atoms with Crippen LogP contribution in [0.1, 0.15) is 17.5 Å². The molecule has 0 aromatic heterocycles. The number of nitrogens with two attached hydrogens (primary N) is 1. The smallest absolute Gasteiger partial charge is 0.231 e. The Balaban J connectivity index is 2.13. The van der Waals surface area contributed by atoms with Crippen molar-refractivity contribution >= 4 is 11.6 Å². The van der Waals surface area contributed by atoms with Crippen LogP contribution in [-0.2, 0) is 17.8 Å². The van der Waals surface area contributed by atoms with Crippen molar-refractivity contribution in [3.63, 3.8) is 0 Å². The lowest BCUT2D eigenvalue weighted by Crippen LogP contribution is -2.29. The van der Waals surface area contributed by atoms with Gasteiger partial charge in [0.1, 0.15) is 0 Å². The van der Waals surface area contributed by atoms with Crippen molar-refractivity contribution in [1.29, 1.82) is 0 Å². The molecule has 0 saturated heterocycles. The predicted molar refractivity (Wildman–Crippen MR) is 68.9 cm³/mol. The Bertz CT molecular complexity index is 417. The number of hydrogen-bond acceptors (Lipinski definition) is 3. The molecule has 1 aliphatic heterocycles. The van der Waals surface area contributed by atoms with Crippen molar-refractivity contribution in [2.75, 3.05) is 25.0 Å². The Kier molecular flexibility index (Phi) is 3.76. The molecule has 3 N–H and O–H groups in total. The number of anilines is 1. The summed E-state index contributed by atoms with van der Waals surface area (Å²) in [5, 5.41) is 3.09. The number of carbonyl (C=O) groups is 1. The quantitative estimate of drug-likeness (QED) is 0.734. The van der Waals surface area contributed by atoms with Crippen LogP contribution >= 0.6 is 0 Å². The lowest BCUT2D eigenvalue weighted by Gasteiger charge is -2.17. The monoisotopic (exact) mass is 233 g/mol. The standard InChI is InChI=1S/C13H19N3O/c1-15-5-2-6-16-12-4-3-10(9-14)7-11(12)8-13(16)17/h3-4,7,15H,2,5-6,8-9,14H2,1H3. The van der Waals surface area contributed by atoms with Gasteiger partial charge in [-0.1, -0.05) is 12.1 Å². The maximum Gasteiger partial charge on any atom is 0.231 e. The molecule has 0 atom stereocenters. The van der Waals surface area contributed by atoms with Crippen molar-refractivity contribution in [2.45, 2.75) is 19.4 Å². The summed E-state index contributed by atoms with van der Waals surface area (Å²) in [7, 11) is 1.92. The summed E-state index contributed by atoms with van der Waals surface area (Å²) >= 11 is 0. The molecule has 4 heteroatoms. The molecule has 0 radical (unpaired) electrons. The molecule has 0 bridgehead atoms. The third kappa shape index (κ3) is 2.48. The SMILES string of the molecule is CNCCCN1C(=O)Cc2cc(CN)ccc21. The van der Waals surface area contributed by atoms with E-state index < -0.39 is 0 Å². The van der Waals surface area contributed by atoms with Gasteiger partial charge in [0, 0.05) is 18.8 Å². The molecule has 0 unspecified atom stereocenters. The lowest BCUT2D eigenvalue weighted by atomic mass is 10.1. The van der Waals surface area contributed by atoms with Crippen LogP contribution < -0.4 is 16.0 Å². The maximum atomic E-state index is 11.9. The fourth-order valence-corrected chi connectivity index (χ4v) is 2.22. The summed E-state index contributed by atoms with van der Waals surface area (Å²) in [5.41, 5.74) is 8.87. The van der Waals surface area contributed by atoms with Crippen LogP contribution in [0, 0.1) is 0 Å². The molecule has 1 amide bonds. The molecule has 17 heavy (non-hydrogen) atoms. The highest BCUT2D eigenvalue weighted by atomic mass is 16.2. The van der Waals surface area contributed by atoms with Crippen molar-refractivity contribution < 1.29 is 4.79 Å². The Morgan fingerprint density at radius 1 is 1.47 bits per heavy atom. The van der Waals surface area contributed by atoms with Crippen LogP contribution in [0.5, 0.6) is 0 Å². The second kappa shape index (κ2) is 5.29. The van der Waals surface area contributed by atoms with Crippen LogP contribution in [0.4, 0.5) is 5.69 Å². The highest BCUT2D eigenvalue weighted by Gasteiger charge is 2.26. The molecular formula is C13H19N3O. The molecule has 0 aliphatic carbocycles. The second-order valence-corrected chi connectivity index (χ2v) is 4.35. The van der Waals surface area contributed by atoms with E-state index in [1.807, 2.05) is 30.1 Å². The topological polar surface area (TPSA) is 58.4 Å². The fourth-order valence-electron chi connectivity index (χ4n) is 2.22. The molecule has 92 valence electrons. The van der Waals surface area contributed by atoms with Crippen LogP contribution in [-0.4, -0.2) is 26.0 Å². The number of amides is 1. The minimum Gasteiger partial charge on any atom is -0.326 e. The van der Waals surface area contributed by atoms with Crippen LogP contribution in [0.3, 0.4) is 0 Å². The molecule has 4 nitrogen and oxygen atoms in total. The summed E-state index contributed by atoms with van der Waals surface area (Å²) in [6, 6.07) is 6.07. The number of carbonyl (C=O) groups excluding carboxylic acids is 1. The zero-order valence-electron chi connectivity index (χ0n) is 10.2. The molecular weight excluding hydrogens is 214 g/mol. The number of hydrogen-bond donors (Lipinski definition) is 2. The van der Waals surface area contributed by atoms with Gasteiger partial charge in [0.15, 0.2) is 0 Å². The van der Waals surface area contributed by atoms with Gasteiger partial charge in [0.05, 0.1) is 6.42 Å². The first-order chi connectivity index (χ1) is 8.26. The number of benzene rings is 1. The van der Waals surface area contributed by atoms with Gasteiger partial charge in [-0.05, 0) is 37.2 Å². The van der Waals surface area contributed by atoms with E-state index >= 15 is 0 Å². The van der Waals surface area contributed by atoms with E-state index in [-0.39, 0.29) is 5.91 Å². The van der Waals surface area contributed by atoms with Crippen LogP contribution in [0.15, 0.2) is 18.2 Å². The summed E-state index contributed by atoms with van der Waals surface area (Å²) in [6.07, 6.45) is 1.49. The number of nitrogens with one attached hydrogen (secondary N) is 1. The first-order valence-electron chi connectivity index (χ1n) is 6.03. The Hall–Kier alpha value is -1.39. The molecule has 1 aliphatic rings. The molecule has 0 spiro atoms. The van der Waals surface area contributed by atoms with Gasteiger partial charge in [-0.15, -0.1) is 0 Å². The van der Waals surface area contributed by atoms with Crippen molar-refractivity contribution in [3.05, 3.63) is 29.3 Å². The van der Waals surface area contributed by atoms with Crippen LogP contribution in [0.2, 0.25) is 0 Å². The first-order valence-corrected chi connectivity index (χ1v) is 6.03. The van der Waals surface area contributed by atoms with E-state index in [0.29, 0.717) is 13.0 Å². The Morgan fingerprint density at radius 2 is 2.29 bits per heavy atom. The van der Waals surface area contributed by atoms with Gasteiger partial charge < -0.3 is 16.0 Å². The van der Waals surface area contributed by atoms with E-state index in [0.717, 1.165) is 36.3 Å². The van der Waals surface area contributed by atoms with E-state index in [2.05, 4.69) is 5.32 Å². The molecule has 2 rings (SSSR count). The minimum absolute atomic E-state index is 0.199. The van der Waals surface area contributed by atoms with E-state index in [1.54, 1.807) is 0 Å². The van der Waals surface area contributed by atoms with Gasteiger partial charge in [-0.2, -0.15) is 0 Å². The van der Waals surface area contributed by atoms with Gasteiger partial charge >= 0.3 is 0 Å². The highest BCUT2D eigenvalue weighted by Crippen LogP contribution is 2.29. The molecule has 1 aromatic carbocycles. The highest BCUT2D eigenvalue weighted by molar-refractivity contribution is 6.01. The van der Waals surface area contributed by atoms with Crippen LogP contribution in [0.25, 0.3) is 0 Å². The van der Waals surface area contributed by atoms with E-state index in [4.69, 9.17) is 5.73 Å². The average Bonchev–Trinajstić information content (AvgIpc) is 2.65. The number of nitrogens with zero attached hydrogens (tertiary/aromatic N) is 1. The Labute approximate surface area is 102 Å². The zero-order chi connectivity index (χ0) is 12.3. The predicted octanol–water partition coefficient (Wildman–Crippen LogP) is 0.644. The van der Waals surface area contributed by atoms with Crippen molar-refractivity contribution in [2.24, 2.45) is 5.73 Å². The lowest BCUT2D eigenvalue weighted by molar-refractivity contribution is -0.117. The fraction of sp³-hybridized carbons (Fsp3) is 0.462. The van der Waals surface area contributed by atoms with Gasteiger partial charge in [-0.3, -0.25) is 4.79 Å². The number of rotatable bonds is 5. The Morgan fingerprint density at radius 3 is 3.00 bits per heavy atom. The molecule has 0 fully saturated rings. The van der Waals surface area contributed by atoms with Gasteiger partial charge in [0.2, 0.25) is 5.91 Å². The third-order valence-corrected chi connectivity index (χ3v) is 3.12. The van der Waals surface area contributed by atoms with Gasteiger partial charge in [0.25, 0.3) is 0 Å². The van der Waals surface area contributed by atoms with Crippen molar-refractivity contribution in [1.82, 2.24) is 5.32 Å². The van der Waals surface area contributed by atoms with E-state index in [9.17, 15) is 4.79 Å². The number of fused-ring (bicyclic) bond motifs is 1. The first kappa shape index (κ1) is 12.1. The van der Waals surface area contributed by atoms with E-state index in [1.165, 1.54) is 0 Å². The normalized spacial score (nSPS) is 14.2.